The molecule has 1 saturated heterocycles. The fraction of sp³-hybridized carbons (Fsp3) is 0.541. The van der Waals surface area contributed by atoms with Gasteiger partial charge in [0.15, 0.2) is 6.29 Å². The highest BCUT2D eigenvalue weighted by atomic mass is 16.8. The molecule has 2 fully saturated rings. The van der Waals surface area contributed by atoms with Crippen LogP contribution in [0.3, 0.4) is 0 Å². The third-order valence-corrected chi connectivity index (χ3v) is 10.1. The van der Waals surface area contributed by atoms with Crippen LogP contribution >= 0.6 is 0 Å². The number of methoxy groups -OCH3 is 1. The van der Waals surface area contributed by atoms with Crippen LogP contribution in [0.4, 0.5) is 0 Å². The molecule has 2 aliphatic carbocycles. The van der Waals surface area contributed by atoms with E-state index in [0.717, 1.165) is 5.57 Å². The lowest BCUT2D eigenvalue weighted by atomic mass is 9.44. The molecule has 256 valence electrons. The molecule has 10 nitrogen and oxygen atoms in total. The number of aliphatic hydroxyl groups excluding tert-OH is 1. The van der Waals surface area contributed by atoms with Gasteiger partial charge in [-0.2, -0.15) is 0 Å². The Morgan fingerprint density at radius 3 is 2.43 bits per heavy atom. The molecule has 0 unspecified atom stereocenters. The number of ether oxygens (including phenoxy) is 5. The second-order valence-electron chi connectivity index (χ2n) is 13.5. The summed E-state index contributed by atoms with van der Waals surface area (Å²) >= 11 is 0. The van der Waals surface area contributed by atoms with Crippen molar-refractivity contribution in [3.63, 3.8) is 0 Å². The van der Waals surface area contributed by atoms with Crippen molar-refractivity contribution in [2.75, 3.05) is 7.11 Å². The minimum Gasteiger partial charge on any atom is -0.508 e. The van der Waals surface area contributed by atoms with Crippen LogP contribution in [0.25, 0.3) is 6.08 Å². The Morgan fingerprint density at radius 1 is 1.15 bits per heavy atom. The third kappa shape index (κ3) is 7.24. The van der Waals surface area contributed by atoms with Gasteiger partial charge >= 0.3 is 17.9 Å². The van der Waals surface area contributed by atoms with Gasteiger partial charge in [-0.05, 0) is 66.4 Å². The molecule has 10 heteroatoms. The summed E-state index contributed by atoms with van der Waals surface area (Å²) in [5.41, 5.74) is -0.164. The average Bonchev–Trinajstić information content (AvgIpc) is 3.32. The topological polar surface area (TPSA) is 138 Å². The monoisotopic (exact) mass is 652 g/mol. The Bertz CT molecular complexity index is 1410. The number of carbonyl (C=O) groups excluding carboxylic acids is 3. The van der Waals surface area contributed by atoms with E-state index in [2.05, 4.69) is 20.1 Å². The van der Waals surface area contributed by atoms with Gasteiger partial charge in [0.05, 0.1) is 5.41 Å². The molecule has 47 heavy (non-hydrogen) atoms. The number of aromatic hydroxyl groups is 1. The van der Waals surface area contributed by atoms with Crippen molar-refractivity contribution >= 4 is 24.0 Å². The molecule has 1 aliphatic heterocycles. The first kappa shape index (κ1) is 36.1. The van der Waals surface area contributed by atoms with E-state index in [1.54, 1.807) is 30.4 Å². The first-order chi connectivity index (χ1) is 22.2. The number of carbonyl (C=O) groups is 3. The van der Waals surface area contributed by atoms with E-state index in [4.69, 9.17) is 23.7 Å². The second-order valence-corrected chi connectivity index (χ2v) is 13.5. The van der Waals surface area contributed by atoms with Crippen LogP contribution in [-0.2, 0) is 38.1 Å². The van der Waals surface area contributed by atoms with Crippen LogP contribution in [0.1, 0.15) is 65.9 Å². The highest BCUT2D eigenvalue weighted by Crippen LogP contribution is 2.67. The number of hydrogen-bond donors (Lipinski definition) is 2. The summed E-state index contributed by atoms with van der Waals surface area (Å²) in [4.78, 5) is 38.7. The predicted molar refractivity (Wildman–Crippen MR) is 174 cm³/mol. The van der Waals surface area contributed by atoms with Gasteiger partial charge in [-0.3, -0.25) is 9.59 Å². The second kappa shape index (κ2) is 14.6. The zero-order chi connectivity index (χ0) is 34.7. The standard InChI is InChI=1S/C37H48O10/c1-9-22(4)16-17-36(7)23(5)32(46-30(40)15-12-25-10-13-26(39)14-11-25)33(42)37-28(34(43-8)47-35(37)44-24(6)38)19-27(20-29(36)37)45-31(41)18-21(2)3/h9-15,19,21,23,27,29,32-35,39,42H,1,4,16-18,20H2,2-3,5-8H3/b15-12+/t23-,27+,29+,32-,33+,34-,35-,36-,37-/m1/s1. The zero-order valence-electron chi connectivity index (χ0n) is 28.1. The summed E-state index contributed by atoms with van der Waals surface area (Å²) in [5, 5.41) is 22.1. The summed E-state index contributed by atoms with van der Waals surface area (Å²) in [7, 11) is 1.44. The number of aliphatic hydroxyl groups is 1. The van der Waals surface area contributed by atoms with Gasteiger partial charge in [0, 0.05) is 38.0 Å². The Kier molecular flexibility index (Phi) is 11.2. The molecule has 0 aromatic heterocycles. The van der Waals surface area contributed by atoms with Gasteiger partial charge in [-0.15, -0.1) is 0 Å². The molecule has 1 aromatic carbocycles. The number of esters is 3. The van der Waals surface area contributed by atoms with Crippen molar-refractivity contribution in [1.29, 1.82) is 0 Å². The molecule has 4 rings (SSSR count). The van der Waals surface area contributed by atoms with Crippen molar-refractivity contribution in [2.24, 2.45) is 28.6 Å². The van der Waals surface area contributed by atoms with E-state index in [9.17, 15) is 24.6 Å². The van der Waals surface area contributed by atoms with E-state index in [0.29, 0.717) is 30.4 Å². The minimum atomic E-state index is -1.41. The number of rotatable bonds is 12. The number of phenols is 1. The molecule has 1 aromatic rings. The number of hydrogen-bond acceptors (Lipinski definition) is 10. The van der Waals surface area contributed by atoms with Gasteiger partial charge in [0.1, 0.15) is 24.1 Å². The molecule has 2 N–H and O–H groups in total. The Morgan fingerprint density at radius 2 is 1.83 bits per heavy atom. The van der Waals surface area contributed by atoms with Crippen molar-refractivity contribution in [3.8, 4) is 5.75 Å². The SMILES string of the molecule is C=CC(=C)CC[C@]1(C)[C@H](C)[C@@H](OC(=O)/C=C/c2ccc(O)cc2)[C@H](O)[C@@]23C(=C[C@H](OC(=O)CC(C)C)C[C@@H]12)[C@H](OC)O[C@H]3OC(C)=O. The minimum absolute atomic E-state index is 0.0953. The summed E-state index contributed by atoms with van der Waals surface area (Å²) in [6, 6.07) is 6.31. The largest absolute Gasteiger partial charge is 0.508 e. The van der Waals surface area contributed by atoms with Crippen LogP contribution in [-0.4, -0.2) is 66.1 Å². The zero-order valence-corrected chi connectivity index (χ0v) is 28.1. The van der Waals surface area contributed by atoms with Crippen molar-refractivity contribution in [1.82, 2.24) is 0 Å². The summed E-state index contributed by atoms with van der Waals surface area (Å²) in [6.07, 6.45) is 2.43. The molecule has 1 spiro atoms. The lowest BCUT2D eigenvalue weighted by Crippen LogP contribution is -2.68. The van der Waals surface area contributed by atoms with E-state index >= 15 is 0 Å². The molecule has 9 atom stereocenters. The predicted octanol–water partition coefficient (Wildman–Crippen LogP) is 5.64. The average molecular weight is 653 g/mol. The van der Waals surface area contributed by atoms with Gasteiger partial charge < -0.3 is 33.9 Å². The highest BCUT2D eigenvalue weighted by Gasteiger charge is 2.74. The maximum absolute atomic E-state index is 13.3. The van der Waals surface area contributed by atoms with Crippen LogP contribution in [0.5, 0.6) is 5.75 Å². The van der Waals surface area contributed by atoms with Crippen LogP contribution in [0, 0.1) is 28.6 Å². The maximum atomic E-state index is 13.3. The summed E-state index contributed by atoms with van der Waals surface area (Å²) in [6.45, 7) is 17.1. The number of benzene rings is 1. The lowest BCUT2D eigenvalue weighted by Gasteiger charge is -2.62. The van der Waals surface area contributed by atoms with E-state index < -0.39 is 65.5 Å². The van der Waals surface area contributed by atoms with Gasteiger partial charge in [0.25, 0.3) is 0 Å². The molecule has 1 saturated carbocycles. The highest BCUT2D eigenvalue weighted by molar-refractivity contribution is 5.87. The van der Waals surface area contributed by atoms with Gasteiger partial charge in [-0.25, -0.2) is 4.79 Å². The smallest absolute Gasteiger partial charge is 0.331 e. The van der Waals surface area contributed by atoms with Crippen LogP contribution < -0.4 is 0 Å². The summed E-state index contributed by atoms with van der Waals surface area (Å²) in [5.74, 6) is -2.38. The first-order valence-electron chi connectivity index (χ1n) is 16.1. The number of allylic oxidation sites excluding steroid dienone is 2. The van der Waals surface area contributed by atoms with Crippen molar-refractivity contribution < 1.29 is 48.3 Å². The van der Waals surface area contributed by atoms with E-state index in [1.165, 1.54) is 32.2 Å². The summed E-state index contributed by atoms with van der Waals surface area (Å²) < 4.78 is 29.8. The molecular formula is C37H48O10. The van der Waals surface area contributed by atoms with Gasteiger partial charge in [-0.1, -0.05) is 64.6 Å². The molecule has 1 heterocycles. The third-order valence-electron chi connectivity index (χ3n) is 10.1. The van der Waals surface area contributed by atoms with E-state index in [1.807, 2.05) is 20.8 Å². The maximum Gasteiger partial charge on any atom is 0.331 e. The fourth-order valence-electron chi connectivity index (χ4n) is 7.61. The van der Waals surface area contributed by atoms with E-state index in [-0.39, 0.29) is 24.1 Å². The van der Waals surface area contributed by atoms with Crippen molar-refractivity contribution in [3.05, 3.63) is 72.4 Å². The molecule has 0 radical (unpaired) electrons. The molecular weight excluding hydrogens is 604 g/mol. The normalized spacial score (nSPS) is 33.0. The molecule has 0 amide bonds. The molecule has 0 bridgehead atoms. The quantitative estimate of drug-likeness (QED) is 0.0960. The van der Waals surface area contributed by atoms with Crippen LogP contribution in [0.2, 0.25) is 0 Å². The first-order valence-corrected chi connectivity index (χ1v) is 16.1. The van der Waals surface area contributed by atoms with Crippen molar-refractivity contribution in [2.45, 2.75) is 91.2 Å². The lowest BCUT2D eigenvalue weighted by molar-refractivity contribution is -0.276. The Hall–Kier alpha value is -3.73. The Labute approximate surface area is 277 Å². The molecule has 3 aliphatic rings. The van der Waals surface area contributed by atoms with Gasteiger partial charge in [0.2, 0.25) is 6.29 Å². The van der Waals surface area contributed by atoms with Crippen LogP contribution in [0.15, 0.2) is 66.8 Å². The fourth-order valence-corrected chi connectivity index (χ4v) is 7.61. The number of phenolic OH excluding ortho intramolecular Hbond substituents is 1. The Balaban J connectivity index is 1.84.